The molecule has 0 radical (unpaired) electrons. The molecule has 0 unspecified atom stereocenters. The van der Waals surface area contributed by atoms with Crippen LogP contribution in [0.5, 0.6) is 0 Å². The molecule has 1 aromatic rings. The summed E-state index contributed by atoms with van der Waals surface area (Å²) in [5, 5.41) is 3.14. The van der Waals surface area contributed by atoms with Gasteiger partial charge in [-0.1, -0.05) is 0 Å². The fourth-order valence-corrected chi connectivity index (χ4v) is 4.11. The Bertz CT molecular complexity index is 525. The summed E-state index contributed by atoms with van der Waals surface area (Å²) < 4.78 is 0. The Labute approximate surface area is 155 Å². The van der Waals surface area contributed by atoms with E-state index >= 15 is 0 Å². The highest BCUT2D eigenvalue weighted by Gasteiger charge is 2.19. The maximum atomic E-state index is 6.20. The van der Waals surface area contributed by atoms with Crippen LogP contribution in [0.1, 0.15) is 12.8 Å². The van der Waals surface area contributed by atoms with Gasteiger partial charge in [-0.2, -0.15) is 0 Å². The van der Waals surface area contributed by atoms with Gasteiger partial charge in [-0.05, 0) is 39.5 Å². The predicted molar refractivity (Wildman–Crippen MR) is 106 cm³/mol. The normalized spacial score (nSPS) is 21.6. The van der Waals surface area contributed by atoms with Crippen LogP contribution in [-0.2, 0) is 0 Å². The van der Waals surface area contributed by atoms with Crippen molar-refractivity contribution in [1.29, 1.82) is 0 Å². The van der Waals surface area contributed by atoms with E-state index in [2.05, 4.69) is 36.6 Å². The summed E-state index contributed by atoms with van der Waals surface area (Å²) in [6.45, 7) is 10.5. The first-order valence-corrected chi connectivity index (χ1v) is 10.2. The molecule has 2 aliphatic rings. The third-order valence-electron chi connectivity index (χ3n) is 5.01. The molecule has 0 aromatic carbocycles. The van der Waals surface area contributed by atoms with Gasteiger partial charge >= 0.3 is 0 Å². The van der Waals surface area contributed by atoms with Crippen molar-refractivity contribution in [3.8, 4) is 0 Å². The first kappa shape index (κ1) is 18.4. The van der Waals surface area contributed by atoms with Gasteiger partial charge in [0.05, 0.1) is 0 Å². The van der Waals surface area contributed by atoms with Gasteiger partial charge in [0.1, 0.15) is 0 Å². The van der Waals surface area contributed by atoms with E-state index < -0.39 is 0 Å². The number of hydrogen-bond acceptors (Lipinski definition) is 6. The minimum absolute atomic E-state index is 0.703. The number of piperazine rings is 1. The van der Waals surface area contributed by atoms with Crippen molar-refractivity contribution in [3.05, 3.63) is 11.6 Å². The summed E-state index contributed by atoms with van der Waals surface area (Å²) >= 11 is 1.70. The fourth-order valence-electron chi connectivity index (χ4n) is 3.41. The van der Waals surface area contributed by atoms with Crippen molar-refractivity contribution in [3.63, 3.8) is 0 Å². The molecule has 2 fully saturated rings. The second-order valence-electron chi connectivity index (χ2n) is 6.88. The zero-order valence-electron chi connectivity index (χ0n) is 15.3. The minimum Gasteiger partial charge on any atom is -0.370 e. The number of nitrogens with two attached hydrogens (primary N) is 1. The van der Waals surface area contributed by atoms with Gasteiger partial charge in [0, 0.05) is 57.4 Å². The van der Waals surface area contributed by atoms with E-state index in [0.717, 1.165) is 50.8 Å². The number of hydrogen-bond donors (Lipinski definition) is 1. The van der Waals surface area contributed by atoms with Crippen LogP contribution >= 0.6 is 11.3 Å². The summed E-state index contributed by atoms with van der Waals surface area (Å²) in [6.07, 6.45) is 4.22. The Hall–Kier alpha value is -1.38. The molecule has 0 atom stereocenters. The van der Waals surface area contributed by atoms with Gasteiger partial charge in [-0.3, -0.25) is 4.99 Å². The van der Waals surface area contributed by atoms with Crippen LogP contribution in [0, 0.1) is 0 Å². The minimum atomic E-state index is 0.703. The number of likely N-dealkylation sites (N-methyl/N-ethyl adjacent to an activating group) is 1. The Morgan fingerprint density at radius 3 is 2.76 bits per heavy atom. The van der Waals surface area contributed by atoms with Crippen LogP contribution in [0.15, 0.2) is 16.6 Å². The van der Waals surface area contributed by atoms with E-state index in [4.69, 9.17) is 5.73 Å². The van der Waals surface area contributed by atoms with E-state index in [1.165, 1.54) is 32.6 Å². The van der Waals surface area contributed by atoms with Gasteiger partial charge < -0.3 is 25.3 Å². The maximum Gasteiger partial charge on any atom is 0.191 e. The molecule has 0 saturated carbocycles. The summed E-state index contributed by atoms with van der Waals surface area (Å²) in [5.41, 5.74) is 6.20. The van der Waals surface area contributed by atoms with E-state index in [1.807, 2.05) is 11.6 Å². The number of guanidine groups is 1. The smallest absolute Gasteiger partial charge is 0.191 e. The van der Waals surface area contributed by atoms with Crippen molar-refractivity contribution in [2.75, 3.05) is 77.4 Å². The van der Waals surface area contributed by atoms with Crippen molar-refractivity contribution in [2.24, 2.45) is 10.7 Å². The lowest BCUT2D eigenvalue weighted by molar-refractivity contribution is 0.275. The standard InChI is InChI=1S/C17H31N7S/c1-21-6-3-8-22(10-9-21)7-2-4-19-16(18)23-11-13-24(14-12-23)17-20-5-15-25-17/h5,15H,2-4,6-14H2,1H3,(H2,18,19). The van der Waals surface area contributed by atoms with Crippen LogP contribution < -0.4 is 10.6 Å². The van der Waals surface area contributed by atoms with Crippen LogP contribution in [0.4, 0.5) is 5.13 Å². The second-order valence-corrected chi connectivity index (χ2v) is 7.75. The molecular weight excluding hydrogens is 334 g/mol. The Morgan fingerprint density at radius 1 is 1.16 bits per heavy atom. The first-order valence-electron chi connectivity index (χ1n) is 9.32. The van der Waals surface area contributed by atoms with Gasteiger partial charge in [0.25, 0.3) is 0 Å². The van der Waals surface area contributed by atoms with Crippen molar-refractivity contribution in [1.82, 2.24) is 19.7 Å². The molecule has 140 valence electrons. The van der Waals surface area contributed by atoms with Crippen molar-refractivity contribution >= 4 is 22.4 Å². The SMILES string of the molecule is CN1CCCN(CCCN=C(N)N2CCN(c3nccs3)CC2)CC1. The maximum absolute atomic E-state index is 6.20. The predicted octanol–water partition coefficient (Wildman–Crippen LogP) is 0.607. The third-order valence-corrected chi connectivity index (χ3v) is 5.84. The molecule has 8 heteroatoms. The van der Waals surface area contributed by atoms with Crippen LogP contribution in [0.2, 0.25) is 0 Å². The zero-order chi connectivity index (χ0) is 17.5. The third kappa shape index (κ3) is 5.55. The van der Waals surface area contributed by atoms with Crippen LogP contribution in [0.25, 0.3) is 0 Å². The Kier molecular flexibility index (Phi) is 6.89. The van der Waals surface area contributed by atoms with E-state index in [9.17, 15) is 0 Å². The molecule has 0 bridgehead atoms. The van der Waals surface area contributed by atoms with Crippen LogP contribution in [0.3, 0.4) is 0 Å². The lowest BCUT2D eigenvalue weighted by Gasteiger charge is -2.35. The quantitative estimate of drug-likeness (QED) is 0.469. The monoisotopic (exact) mass is 365 g/mol. The molecule has 0 spiro atoms. The number of anilines is 1. The van der Waals surface area contributed by atoms with Gasteiger partial charge in [-0.15, -0.1) is 11.3 Å². The number of rotatable bonds is 5. The topological polar surface area (TPSA) is 64.2 Å². The molecule has 3 rings (SSSR count). The number of thiazole rings is 1. The largest absolute Gasteiger partial charge is 0.370 e. The average Bonchev–Trinajstić information content (AvgIpc) is 3.09. The summed E-state index contributed by atoms with van der Waals surface area (Å²) in [4.78, 5) is 18.5. The molecule has 2 aliphatic heterocycles. The van der Waals surface area contributed by atoms with E-state index in [0.29, 0.717) is 5.96 Å². The van der Waals surface area contributed by atoms with E-state index in [-0.39, 0.29) is 0 Å². The van der Waals surface area contributed by atoms with Gasteiger partial charge in [0.15, 0.2) is 11.1 Å². The van der Waals surface area contributed by atoms with E-state index in [1.54, 1.807) is 11.3 Å². The Morgan fingerprint density at radius 2 is 2.00 bits per heavy atom. The highest BCUT2D eigenvalue weighted by Crippen LogP contribution is 2.18. The van der Waals surface area contributed by atoms with Gasteiger partial charge in [0.2, 0.25) is 0 Å². The summed E-state index contributed by atoms with van der Waals surface area (Å²) in [5.74, 6) is 0.703. The second kappa shape index (κ2) is 9.35. The zero-order valence-corrected chi connectivity index (χ0v) is 16.1. The van der Waals surface area contributed by atoms with Gasteiger partial charge in [-0.25, -0.2) is 4.98 Å². The summed E-state index contributed by atoms with van der Waals surface area (Å²) in [7, 11) is 2.21. The first-order chi connectivity index (χ1) is 12.2. The lowest BCUT2D eigenvalue weighted by atomic mass is 10.3. The molecule has 25 heavy (non-hydrogen) atoms. The molecule has 0 amide bonds. The molecule has 2 saturated heterocycles. The fraction of sp³-hybridized carbons (Fsp3) is 0.765. The van der Waals surface area contributed by atoms with Crippen molar-refractivity contribution in [2.45, 2.75) is 12.8 Å². The highest BCUT2D eigenvalue weighted by molar-refractivity contribution is 7.13. The molecule has 3 heterocycles. The Balaban J connectivity index is 1.35. The number of nitrogens with zero attached hydrogens (tertiary/aromatic N) is 6. The molecular formula is C17H31N7S. The summed E-state index contributed by atoms with van der Waals surface area (Å²) in [6, 6.07) is 0. The highest BCUT2D eigenvalue weighted by atomic mass is 32.1. The lowest BCUT2D eigenvalue weighted by Crippen LogP contribution is -2.51. The average molecular weight is 366 g/mol. The van der Waals surface area contributed by atoms with Crippen LogP contribution in [-0.4, -0.2) is 98.1 Å². The molecule has 1 aromatic heterocycles. The number of aliphatic imine (C=N–C) groups is 1. The molecule has 7 nitrogen and oxygen atoms in total. The number of aromatic nitrogens is 1. The van der Waals surface area contributed by atoms with Crippen molar-refractivity contribution < 1.29 is 0 Å². The molecule has 0 aliphatic carbocycles. The molecule has 2 N–H and O–H groups in total.